The molecule has 2 rings (SSSR count). The van der Waals surface area contributed by atoms with Gasteiger partial charge in [0.2, 0.25) is 0 Å². The van der Waals surface area contributed by atoms with E-state index in [1.165, 1.54) is 10.9 Å². The van der Waals surface area contributed by atoms with E-state index in [1.54, 1.807) is 18.2 Å². The fourth-order valence-electron chi connectivity index (χ4n) is 1.74. The molecule has 1 aromatic heterocycles. The van der Waals surface area contributed by atoms with E-state index in [-0.39, 0.29) is 12.5 Å². The van der Waals surface area contributed by atoms with Crippen LogP contribution in [0.4, 0.5) is 5.82 Å². The lowest BCUT2D eigenvalue weighted by Crippen LogP contribution is -2.14. The number of hydrogen-bond donors (Lipinski definition) is 2. The van der Waals surface area contributed by atoms with Gasteiger partial charge in [-0.2, -0.15) is 5.10 Å². The summed E-state index contributed by atoms with van der Waals surface area (Å²) in [4.78, 5) is 22.5. The highest BCUT2D eigenvalue weighted by atomic mass is 16.4. The average molecular weight is 273 g/mol. The third-order valence-corrected chi connectivity index (χ3v) is 2.80. The summed E-state index contributed by atoms with van der Waals surface area (Å²) in [5.74, 6) is -0.926. The SMILES string of the molecule is CCc1ccc(C(=O)Nc2ccn(CC(=O)O)n2)cc1. The second-order valence-electron chi connectivity index (χ2n) is 4.30. The maximum absolute atomic E-state index is 12.0. The van der Waals surface area contributed by atoms with Crippen molar-refractivity contribution >= 4 is 17.7 Å². The van der Waals surface area contributed by atoms with Crippen molar-refractivity contribution in [2.45, 2.75) is 19.9 Å². The zero-order valence-corrected chi connectivity index (χ0v) is 11.0. The van der Waals surface area contributed by atoms with E-state index in [1.807, 2.05) is 19.1 Å². The molecule has 1 aromatic carbocycles. The molecule has 0 unspecified atom stereocenters. The van der Waals surface area contributed by atoms with E-state index in [0.717, 1.165) is 12.0 Å². The van der Waals surface area contributed by atoms with E-state index in [4.69, 9.17) is 5.11 Å². The van der Waals surface area contributed by atoms with Crippen molar-refractivity contribution in [3.8, 4) is 0 Å². The van der Waals surface area contributed by atoms with Crippen LogP contribution in [0, 0.1) is 0 Å². The smallest absolute Gasteiger partial charge is 0.325 e. The molecule has 0 aliphatic heterocycles. The Labute approximate surface area is 116 Å². The van der Waals surface area contributed by atoms with Gasteiger partial charge < -0.3 is 10.4 Å². The molecule has 0 spiro atoms. The number of aromatic nitrogens is 2. The van der Waals surface area contributed by atoms with Crippen molar-refractivity contribution in [3.05, 3.63) is 47.7 Å². The fourth-order valence-corrected chi connectivity index (χ4v) is 1.74. The maximum Gasteiger partial charge on any atom is 0.325 e. The summed E-state index contributed by atoms with van der Waals surface area (Å²) >= 11 is 0. The lowest BCUT2D eigenvalue weighted by molar-refractivity contribution is -0.137. The molecule has 1 amide bonds. The van der Waals surface area contributed by atoms with Crippen LogP contribution in [0.2, 0.25) is 0 Å². The van der Waals surface area contributed by atoms with Gasteiger partial charge in [0.1, 0.15) is 6.54 Å². The number of nitrogens with zero attached hydrogens (tertiary/aromatic N) is 2. The maximum atomic E-state index is 12.0. The van der Waals surface area contributed by atoms with Crippen molar-refractivity contribution in [1.82, 2.24) is 9.78 Å². The van der Waals surface area contributed by atoms with Crippen LogP contribution in [0.15, 0.2) is 36.5 Å². The monoisotopic (exact) mass is 273 g/mol. The van der Waals surface area contributed by atoms with Gasteiger partial charge in [-0.25, -0.2) is 0 Å². The van der Waals surface area contributed by atoms with Crippen molar-refractivity contribution in [2.75, 3.05) is 5.32 Å². The molecular formula is C14H15N3O3. The van der Waals surface area contributed by atoms with Gasteiger partial charge in [0.15, 0.2) is 5.82 Å². The fraction of sp³-hybridized carbons (Fsp3) is 0.214. The van der Waals surface area contributed by atoms with Crippen LogP contribution in [0.3, 0.4) is 0 Å². The van der Waals surface area contributed by atoms with Gasteiger partial charge in [-0.15, -0.1) is 0 Å². The summed E-state index contributed by atoms with van der Waals surface area (Å²) in [7, 11) is 0. The van der Waals surface area contributed by atoms with E-state index in [9.17, 15) is 9.59 Å². The second kappa shape index (κ2) is 6.01. The molecule has 0 atom stereocenters. The summed E-state index contributed by atoms with van der Waals surface area (Å²) < 4.78 is 1.25. The van der Waals surface area contributed by atoms with Gasteiger partial charge >= 0.3 is 5.97 Å². The lowest BCUT2D eigenvalue weighted by Gasteiger charge is -2.03. The first-order valence-corrected chi connectivity index (χ1v) is 6.24. The molecule has 0 bridgehead atoms. The minimum atomic E-state index is -0.985. The number of hydrogen-bond acceptors (Lipinski definition) is 3. The number of aryl methyl sites for hydroxylation is 1. The van der Waals surface area contributed by atoms with Gasteiger partial charge in [0.25, 0.3) is 5.91 Å². The highest BCUT2D eigenvalue weighted by Gasteiger charge is 2.08. The molecule has 1 heterocycles. The molecule has 0 radical (unpaired) electrons. The highest BCUT2D eigenvalue weighted by Crippen LogP contribution is 2.09. The van der Waals surface area contributed by atoms with Gasteiger partial charge in [-0.3, -0.25) is 14.3 Å². The minimum Gasteiger partial charge on any atom is -0.480 e. The summed E-state index contributed by atoms with van der Waals surface area (Å²) in [6, 6.07) is 8.86. The predicted molar refractivity (Wildman–Crippen MR) is 73.6 cm³/mol. The molecule has 0 aliphatic rings. The molecular weight excluding hydrogens is 258 g/mol. The summed E-state index contributed by atoms with van der Waals surface area (Å²) in [5, 5.41) is 15.2. The third kappa shape index (κ3) is 3.44. The number of carboxylic acid groups (broad SMARTS) is 1. The number of benzene rings is 1. The zero-order valence-electron chi connectivity index (χ0n) is 11.0. The summed E-state index contributed by atoms with van der Waals surface area (Å²) in [6.45, 7) is 1.81. The lowest BCUT2D eigenvalue weighted by atomic mass is 10.1. The number of carbonyl (C=O) groups excluding carboxylic acids is 1. The second-order valence-corrected chi connectivity index (χ2v) is 4.30. The Hall–Kier alpha value is -2.63. The van der Waals surface area contributed by atoms with Gasteiger partial charge in [-0.1, -0.05) is 19.1 Å². The molecule has 0 saturated carbocycles. The molecule has 0 saturated heterocycles. The van der Waals surface area contributed by atoms with E-state index in [2.05, 4.69) is 10.4 Å². The van der Waals surface area contributed by atoms with Crippen LogP contribution in [0.1, 0.15) is 22.8 Å². The van der Waals surface area contributed by atoms with E-state index >= 15 is 0 Å². The number of amides is 1. The average Bonchev–Trinajstić information content (AvgIpc) is 2.85. The van der Waals surface area contributed by atoms with Crippen LogP contribution in [0.25, 0.3) is 0 Å². The Morgan fingerprint density at radius 2 is 1.95 bits per heavy atom. The quantitative estimate of drug-likeness (QED) is 0.869. The Kier molecular flexibility index (Phi) is 4.14. The highest BCUT2D eigenvalue weighted by molar-refractivity contribution is 6.03. The predicted octanol–water partition coefficient (Wildman–Crippen LogP) is 1.78. The van der Waals surface area contributed by atoms with Crippen molar-refractivity contribution in [3.63, 3.8) is 0 Å². The molecule has 20 heavy (non-hydrogen) atoms. The van der Waals surface area contributed by atoms with Crippen LogP contribution in [0.5, 0.6) is 0 Å². The Morgan fingerprint density at radius 1 is 1.25 bits per heavy atom. The number of carbonyl (C=O) groups is 2. The normalized spacial score (nSPS) is 10.2. The van der Waals surface area contributed by atoms with Crippen molar-refractivity contribution in [1.29, 1.82) is 0 Å². The largest absolute Gasteiger partial charge is 0.480 e. The molecule has 2 N–H and O–H groups in total. The Morgan fingerprint density at radius 3 is 2.55 bits per heavy atom. The van der Waals surface area contributed by atoms with Crippen molar-refractivity contribution < 1.29 is 14.7 Å². The molecule has 6 heteroatoms. The molecule has 6 nitrogen and oxygen atoms in total. The zero-order chi connectivity index (χ0) is 14.5. The van der Waals surface area contributed by atoms with Crippen LogP contribution < -0.4 is 5.32 Å². The van der Waals surface area contributed by atoms with E-state index in [0.29, 0.717) is 11.4 Å². The van der Waals surface area contributed by atoms with Crippen LogP contribution in [-0.4, -0.2) is 26.8 Å². The molecule has 0 aliphatic carbocycles. The number of rotatable bonds is 5. The molecule has 104 valence electrons. The summed E-state index contributed by atoms with van der Waals surface area (Å²) in [6.07, 6.45) is 2.42. The van der Waals surface area contributed by atoms with Crippen molar-refractivity contribution in [2.24, 2.45) is 0 Å². The molecule has 2 aromatic rings. The van der Waals surface area contributed by atoms with Crippen LogP contribution in [-0.2, 0) is 17.8 Å². The third-order valence-electron chi connectivity index (χ3n) is 2.80. The number of anilines is 1. The summed E-state index contributed by atoms with van der Waals surface area (Å²) in [5.41, 5.74) is 1.70. The first-order valence-electron chi connectivity index (χ1n) is 6.24. The first-order chi connectivity index (χ1) is 9.58. The van der Waals surface area contributed by atoms with E-state index < -0.39 is 5.97 Å². The topological polar surface area (TPSA) is 84.2 Å². The molecule has 0 fully saturated rings. The van der Waals surface area contributed by atoms with Gasteiger partial charge in [-0.05, 0) is 24.1 Å². The van der Waals surface area contributed by atoms with Gasteiger partial charge in [0.05, 0.1) is 0 Å². The van der Waals surface area contributed by atoms with Crippen LogP contribution >= 0.6 is 0 Å². The van der Waals surface area contributed by atoms with Gasteiger partial charge in [0, 0.05) is 17.8 Å². The Balaban J connectivity index is 2.03. The Bertz CT molecular complexity index is 617. The minimum absolute atomic E-state index is 0.235. The number of carboxylic acids is 1. The first kappa shape index (κ1) is 13.8. The number of aliphatic carboxylic acids is 1. The standard InChI is InChI=1S/C14H15N3O3/c1-2-10-3-5-11(6-4-10)14(20)15-12-7-8-17(16-12)9-13(18)19/h3-8H,2,9H2,1H3,(H,18,19)(H,15,16,20). The number of nitrogens with one attached hydrogen (secondary N) is 1.